The van der Waals surface area contributed by atoms with Crippen molar-refractivity contribution in [3.8, 4) is 0 Å². The topological polar surface area (TPSA) is 24.8 Å². The van der Waals surface area contributed by atoms with Crippen LogP contribution in [0.5, 0.6) is 0 Å². The Labute approximate surface area is 132 Å². The quantitative estimate of drug-likeness (QED) is 0.638. The molecule has 3 nitrogen and oxygen atoms in total. The van der Waals surface area contributed by atoms with Crippen LogP contribution in [0.25, 0.3) is 10.8 Å². The Balaban J connectivity index is 0.00000161. The third-order valence-electron chi connectivity index (χ3n) is 3.77. The molecule has 0 N–H and O–H groups in total. The summed E-state index contributed by atoms with van der Waals surface area (Å²) in [5.41, 5.74) is 3.76. The molecule has 0 saturated carbocycles. The van der Waals surface area contributed by atoms with Crippen molar-refractivity contribution in [2.75, 3.05) is 27.2 Å². The molecule has 21 heavy (non-hydrogen) atoms. The third kappa shape index (κ3) is 3.36. The molecule has 0 amide bonds. The molecular formula is C17H21ClN2O. The highest BCUT2D eigenvalue weighted by molar-refractivity contribution is 6.08. The van der Waals surface area contributed by atoms with E-state index in [2.05, 4.69) is 46.5 Å². The Morgan fingerprint density at radius 1 is 1.10 bits per heavy atom. The number of likely N-dealkylation sites (N-methyl/N-ethyl adjacent to an activating group) is 1. The van der Waals surface area contributed by atoms with Crippen LogP contribution >= 0.6 is 12.4 Å². The number of rotatable bonds is 4. The minimum atomic E-state index is 0. The van der Waals surface area contributed by atoms with Crippen LogP contribution in [0.1, 0.15) is 17.5 Å². The van der Waals surface area contributed by atoms with E-state index in [4.69, 9.17) is 4.84 Å². The fraction of sp³-hybridized carbons (Fsp3) is 0.353. The van der Waals surface area contributed by atoms with Gasteiger partial charge in [0, 0.05) is 12.1 Å². The molecule has 0 saturated heterocycles. The van der Waals surface area contributed by atoms with E-state index in [1.54, 1.807) is 0 Å². The number of oxime groups is 1. The lowest BCUT2D eigenvalue weighted by molar-refractivity contribution is 0.126. The van der Waals surface area contributed by atoms with Crippen molar-refractivity contribution in [2.45, 2.75) is 12.8 Å². The smallest absolute Gasteiger partial charge is 0.129 e. The molecule has 0 aliphatic heterocycles. The van der Waals surface area contributed by atoms with E-state index < -0.39 is 0 Å². The Morgan fingerprint density at radius 3 is 2.71 bits per heavy atom. The average molecular weight is 305 g/mol. The molecule has 112 valence electrons. The van der Waals surface area contributed by atoms with Crippen LogP contribution in [0, 0.1) is 0 Å². The predicted molar refractivity (Wildman–Crippen MR) is 90.6 cm³/mol. The van der Waals surface area contributed by atoms with Gasteiger partial charge in [-0.05, 0) is 43.3 Å². The highest BCUT2D eigenvalue weighted by Gasteiger charge is 2.20. The van der Waals surface area contributed by atoms with Crippen molar-refractivity contribution in [3.63, 3.8) is 0 Å². The third-order valence-corrected chi connectivity index (χ3v) is 3.77. The summed E-state index contributed by atoms with van der Waals surface area (Å²) in [6.45, 7) is 1.53. The predicted octanol–water partition coefficient (Wildman–Crippen LogP) is 3.49. The molecule has 0 atom stereocenters. The van der Waals surface area contributed by atoms with E-state index in [0.29, 0.717) is 6.61 Å². The van der Waals surface area contributed by atoms with Crippen molar-refractivity contribution in [1.82, 2.24) is 4.90 Å². The van der Waals surface area contributed by atoms with Gasteiger partial charge in [0.05, 0.1) is 5.71 Å². The van der Waals surface area contributed by atoms with Crippen LogP contribution < -0.4 is 0 Å². The van der Waals surface area contributed by atoms with E-state index >= 15 is 0 Å². The maximum atomic E-state index is 5.44. The van der Waals surface area contributed by atoms with Gasteiger partial charge in [-0.15, -0.1) is 12.4 Å². The molecule has 0 bridgehead atoms. The Bertz CT molecular complexity index is 652. The lowest BCUT2D eigenvalue weighted by atomic mass is 10.0. The lowest BCUT2D eigenvalue weighted by Crippen LogP contribution is -2.17. The first-order valence-electron chi connectivity index (χ1n) is 7.10. The number of hydrogen-bond acceptors (Lipinski definition) is 3. The molecule has 2 aromatic rings. The number of halogens is 1. The number of aryl methyl sites for hydroxylation is 1. The van der Waals surface area contributed by atoms with Crippen LogP contribution in [0.15, 0.2) is 41.6 Å². The van der Waals surface area contributed by atoms with E-state index in [1.165, 1.54) is 21.9 Å². The minimum Gasteiger partial charge on any atom is -0.394 e. The number of hydrogen-bond donors (Lipinski definition) is 0. The summed E-state index contributed by atoms with van der Waals surface area (Å²) in [4.78, 5) is 7.54. The van der Waals surface area contributed by atoms with Crippen molar-refractivity contribution in [3.05, 3.63) is 47.5 Å². The van der Waals surface area contributed by atoms with Gasteiger partial charge < -0.3 is 9.74 Å². The highest BCUT2D eigenvalue weighted by atomic mass is 35.5. The minimum absolute atomic E-state index is 0. The molecule has 1 aliphatic carbocycles. The molecule has 2 aromatic carbocycles. The second-order valence-corrected chi connectivity index (χ2v) is 5.49. The number of nitrogens with zero attached hydrogens (tertiary/aromatic N) is 2. The molecule has 0 fully saturated rings. The average Bonchev–Trinajstić information content (AvgIpc) is 2.87. The molecule has 0 heterocycles. The summed E-state index contributed by atoms with van der Waals surface area (Å²) in [6, 6.07) is 12.9. The summed E-state index contributed by atoms with van der Waals surface area (Å²) >= 11 is 0. The molecule has 0 spiro atoms. The second-order valence-electron chi connectivity index (χ2n) is 5.49. The maximum absolute atomic E-state index is 5.44. The van der Waals surface area contributed by atoms with E-state index in [9.17, 15) is 0 Å². The van der Waals surface area contributed by atoms with Gasteiger partial charge in [-0.2, -0.15) is 0 Å². The van der Waals surface area contributed by atoms with Crippen molar-refractivity contribution < 1.29 is 4.84 Å². The van der Waals surface area contributed by atoms with Crippen molar-refractivity contribution >= 4 is 28.9 Å². The molecule has 3 rings (SSSR count). The van der Waals surface area contributed by atoms with Crippen LogP contribution in [0.4, 0.5) is 0 Å². The fourth-order valence-electron chi connectivity index (χ4n) is 2.70. The fourth-order valence-corrected chi connectivity index (χ4v) is 2.70. The number of benzene rings is 2. The Morgan fingerprint density at radius 2 is 1.90 bits per heavy atom. The zero-order chi connectivity index (χ0) is 13.9. The second kappa shape index (κ2) is 6.92. The number of fused-ring (bicyclic) bond motifs is 3. The molecule has 1 aliphatic rings. The molecule has 0 aromatic heterocycles. The summed E-state index contributed by atoms with van der Waals surface area (Å²) in [6.07, 6.45) is 2.04. The first-order valence-corrected chi connectivity index (χ1v) is 7.10. The Kier molecular flexibility index (Phi) is 5.21. The van der Waals surface area contributed by atoms with Gasteiger partial charge in [-0.1, -0.05) is 41.6 Å². The van der Waals surface area contributed by atoms with Gasteiger partial charge in [0.15, 0.2) is 0 Å². The summed E-state index contributed by atoms with van der Waals surface area (Å²) in [5, 5.41) is 6.99. The SMILES string of the molecule is CN(C)CCO/N=C1\CCc2c1ccc1ccccc21.Cl. The van der Waals surface area contributed by atoms with Crippen LogP contribution in [0.3, 0.4) is 0 Å². The van der Waals surface area contributed by atoms with E-state index in [0.717, 1.165) is 25.1 Å². The summed E-state index contributed by atoms with van der Waals surface area (Å²) in [5.74, 6) is 0. The van der Waals surface area contributed by atoms with Gasteiger partial charge in [-0.25, -0.2) is 0 Å². The van der Waals surface area contributed by atoms with Gasteiger partial charge in [0.2, 0.25) is 0 Å². The molecule has 0 radical (unpaired) electrons. The summed E-state index contributed by atoms with van der Waals surface area (Å²) in [7, 11) is 4.07. The van der Waals surface area contributed by atoms with Gasteiger partial charge in [0.25, 0.3) is 0 Å². The van der Waals surface area contributed by atoms with Crippen molar-refractivity contribution in [2.24, 2.45) is 5.16 Å². The van der Waals surface area contributed by atoms with E-state index in [1.807, 2.05) is 14.1 Å². The monoisotopic (exact) mass is 304 g/mol. The van der Waals surface area contributed by atoms with Crippen molar-refractivity contribution in [1.29, 1.82) is 0 Å². The maximum Gasteiger partial charge on any atom is 0.129 e. The first kappa shape index (κ1) is 15.8. The Hall–Kier alpha value is -1.58. The largest absolute Gasteiger partial charge is 0.394 e. The van der Waals surface area contributed by atoms with Crippen LogP contribution in [0.2, 0.25) is 0 Å². The normalized spacial score (nSPS) is 15.3. The first-order chi connectivity index (χ1) is 9.75. The van der Waals surface area contributed by atoms with Gasteiger partial charge >= 0.3 is 0 Å². The standard InChI is InChI=1S/C17H20N2O.ClH/c1-19(2)11-12-20-18-17-10-9-15-14-6-4-3-5-13(14)7-8-16(15)17;/h3-8H,9-12H2,1-2H3;1H/b18-17+;. The highest BCUT2D eigenvalue weighted by Crippen LogP contribution is 2.30. The van der Waals surface area contributed by atoms with Gasteiger partial charge in [-0.3, -0.25) is 0 Å². The summed E-state index contributed by atoms with van der Waals surface area (Å²) < 4.78 is 0. The molecule has 0 unspecified atom stereocenters. The molecular weight excluding hydrogens is 284 g/mol. The van der Waals surface area contributed by atoms with Crippen LogP contribution in [-0.4, -0.2) is 37.9 Å². The van der Waals surface area contributed by atoms with E-state index in [-0.39, 0.29) is 12.4 Å². The van der Waals surface area contributed by atoms with Crippen LogP contribution in [-0.2, 0) is 11.3 Å². The molecule has 4 heteroatoms. The lowest BCUT2D eigenvalue weighted by Gasteiger charge is -2.08. The van der Waals surface area contributed by atoms with Gasteiger partial charge in [0.1, 0.15) is 6.61 Å². The zero-order valence-electron chi connectivity index (χ0n) is 12.5. The zero-order valence-corrected chi connectivity index (χ0v) is 13.3.